The first kappa shape index (κ1) is 29.2. The zero-order valence-electron chi connectivity index (χ0n) is 26.1. The lowest BCUT2D eigenvalue weighted by Gasteiger charge is -2.47. The third-order valence-corrected chi connectivity index (χ3v) is 10.9. The quantitative estimate of drug-likeness (QED) is 0.376. The predicted molar refractivity (Wildman–Crippen MR) is 175 cm³/mol. The number of benzene rings is 1. The number of aromatic nitrogens is 4. The Morgan fingerprint density at radius 3 is 2.20 bits per heavy atom. The Morgan fingerprint density at radius 2 is 1.52 bits per heavy atom. The van der Waals surface area contributed by atoms with Crippen molar-refractivity contribution < 1.29 is 5.11 Å². The summed E-state index contributed by atoms with van der Waals surface area (Å²) in [6, 6.07) is 10.1. The van der Waals surface area contributed by atoms with Crippen molar-refractivity contribution in [2.45, 2.75) is 63.3 Å². The molecule has 3 aliphatic heterocycles. The van der Waals surface area contributed by atoms with Crippen LogP contribution in [0.2, 0.25) is 0 Å². The average Bonchev–Trinajstić information content (AvgIpc) is 3.09. The minimum absolute atomic E-state index is 0.204. The van der Waals surface area contributed by atoms with E-state index in [1.807, 2.05) is 31.3 Å². The van der Waals surface area contributed by atoms with E-state index in [1.165, 1.54) is 83.1 Å². The van der Waals surface area contributed by atoms with Crippen molar-refractivity contribution >= 4 is 17.5 Å². The van der Waals surface area contributed by atoms with Gasteiger partial charge in [-0.3, -0.25) is 0 Å². The standard InChI is InChI=1S/C34H47N9O/c1-35-32-30(22-29(39-40-32)28-4-2-3-5-31(28)44)42-18-20-43(21-19-42)33-37-23-26(24-38-33)25-8-16-41(17-9-25)27-6-10-34(11-7-27)12-14-36-15-13-34/h2-5,22-25,27,36,44H,6-21H2,1H3,(H,35,40). The molecule has 0 radical (unpaired) electrons. The zero-order chi connectivity index (χ0) is 29.9. The average molecular weight is 598 g/mol. The topological polar surface area (TPSA) is 106 Å². The molecule has 4 fully saturated rings. The summed E-state index contributed by atoms with van der Waals surface area (Å²) in [6.07, 6.45) is 15.0. The van der Waals surface area contributed by atoms with Crippen LogP contribution in [0.3, 0.4) is 0 Å². The number of para-hydroxylation sites is 1. The van der Waals surface area contributed by atoms with Gasteiger partial charge in [0.2, 0.25) is 5.95 Å². The highest BCUT2D eigenvalue weighted by atomic mass is 16.3. The van der Waals surface area contributed by atoms with E-state index in [0.29, 0.717) is 22.6 Å². The number of hydrogen-bond donors (Lipinski definition) is 3. The molecule has 0 atom stereocenters. The smallest absolute Gasteiger partial charge is 0.225 e. The lowest BCUT2D eigenvalue weighted by atomic mass is 9.67. The van der Waals surface area contributed by atoms with Crippen LogP contribution >= 0.6 is 0 Å². The molecule has 3 saturated heterocycles. The Hall–Kier alpha value is -3.50. The van der Waals surface area contributed by atoms with Crippen molar-refractivity contribution in [1.82, 2.24) is 30.4 Å². The third kappa shape index (κ3) is 6.06. The minimum atomic E-state index is 0.204. The van der Waals surface area contributed by atoms with Crippen molar-refractivity contribution in [3.05, 3.63) is 48.3 Å². The monoisotopic (exact) mass is 597 g/mol. The maximum atomic E-state index is 10.3. The molecule has 0 unspecified atom stereocenters. The van der Waals surface area contributed by atoms with E-state index in [4.69, 9.17) is 9.97 Å². The Morgan fingerprint density at radius 1 is 0.841 bits per heavy atom. The van der Waals surface area contributed by atoms with Crippen LogP contribution < -0.4 is 20.4 Å². The molecule has 1 aliphatic carbocycles. The molecule has 44 heavy (non-hydrogen) atoms. The van der Waals surface area contributed by atoms with Crippen LogP contribution in [0.1, 0.15) is 62.8 Å². The van der Waals surface area contributed by atoms with E-state index in [1.54, 1.807) is 6.07 Å². The molecule has 234 valence electrons. The second-order valence-corrected chi connectivity index (χ2v) is 13.3. The highest BCUT2D eigenvalue weighted by Gasteiger charge is 2.38. The molecule has 1 saturated carbocycles. The first-order valence-electron chi connectivity index (χ1n) is 16.7. The second-order valence-electron chi connectivity index (χ2n) is 13.3. The van der Waals surface area contributed by atoms with E-state index < -0.39 is 0 Å². The van der Waals surface area contributed by atoms with Gasteiger partial charge in [0.25, 0.3) is 0 Å². The SMILES string of the molecule is CNc1nnc(-c2ccccc2O)cc1N1CCN(c2ncc(C3CCN(C4CCC5(CCNCC5)CC4)CC3)cn2)CC1. The third-order valence-electron chi connectivity index (χ3n) is 10.9. The number of phenols is 1. The molecule has 10 heteroatoms. The number of likely N-dealkylation sites (tertiary alicyclic amines) is 1. The second kappa shape index (κ2) is 12.9. The number of piperidine rings is 2. The number of piperazine rings is 1. The molecule has 3 N–H and O–H groups in total. The van der Waals surface area contributed by atoms with Crippen LogP contribution in [-0.2, 0) is 0 Å². The van der Waals surface area contributed by atoms with Gasteiger partial charge in [0.1, 0.15) is 5.75 Å². The lowest BCUT2D eigenvalue weighted by Crippen LogP contribution is -2.47. The number of nitrogens with one attached hydrogen (secondary N) is 2. The number of anilines is 3. The molecule has 0 amide bonds. The van der Waals surface area contributed by atoms with Gasteiger partial charge >= 0.3 is 0 Å². The van der Waals surface area contributed by atoms with Crippen molar-refractivity contribution in [2.24, 2.45) is 5.41 Å². The van der Waals surface area contributed by atoms with Crippen molar-refractivity contribution in [2.75, 3.05) is 74.5 Å². The van der Waals surface area contributed by atoms with Crippen LogP contribution in [0.4, 0.5) is 17.5 Å². The highest BCUT2D eigenvalue weighted by molar-refractivity contribution is 5.75. The number of rotatable bonds is 6. The number of aromatic hydroxyl groups is 1. The van der Waals surface area contributed by atoms with Gasteiger partial charge in [-0.2, -0.15) is 0 Å². The number of phenolic OH excluding ortho intramolecular Hbond substituents is 1. The molecule has 7 rings (SSSR count). The fourth-order valence-corrected chi connectivity index (χ4v) is 8.11. The zero-order valence-corrected chi connectivity index (χ0v) is 26.1. The van der Waals surface area contributed by atoms with Gasteiger partial charge < -0.3 is 30.4 Å². The summed E-state index contributed by atoms with van der Waals surface area (Å²) < 4.78 is 0. The van der Waals surface area contributed by atoms with Gasteiger partial charge in [-0.25, -0.2) is 9.97 Å². The highest BCUT2D eigenvalue weighted by Crippen LogP contribution is 2.45. The Labute approximate surface area is 261 Å². The number of nitrogens with zero attached hydrogens (tertiary/aromatic N) is 7. The molecule has 3 aromatic rings. The summed E-state index contributed by atoms with van der Waals surface area (Å²) in [5, 5.41) is 25.8. The lowest BCUT2D eigenvalue weighted by molar-refractivity contribution is 0.0533. The Balaban J connectivity index is 0.920. The summed E-state index contributed by atoms with van der Waals surface area (Å²) in [4.78, 5) is 17.1. The largest absolute Gasteiger partial charge is 0.507 e. The summed E-state index contributed by atoms with van der Waals surface area (Å²) >= 11 is 0. The van der Waals surface area contributed by atoms with Gasteiger partial charge in [-0.15, -0.1) is 10.2 Å². The van der Waals surface area contributed by atoms with Crippen LogP contribution in [0, 0.1) is 5.41 Å². The van der Waals surface area contributed by atoms with Crippen LogP contribution in [0.5, 0.6) is 5.75 Å². The maximum absolute atomic E-state index is 10.3. The minimum Gasteiger partial charge on any atom is -0.507 e. The van der Waals surface area contributed by atoms with E-state index in [0.717, 1.165) is 49.7 Å². The first-order chi connectivity index (χ1) is 21.6. The normalized spacial score (nSPS) is 21.9. The van der Waals surface area contributed by atoms with Gasteiger partial charge in [-0.1, -0.05) is 12.1 Å². The molecular formula is C34H47N9O. The Bertz CT molecular complexity index is 1380. The van der Waals surface area contributed by atoms with E-state index in [-0.39, 0.29) is 5.75 Å². The van der Waals surface area contributed by atoms with Crippen molar-refractivity contribution in [3.63, 3.8) is 0 Å². The van der Waals surface area contributed by atoms with Gasteiger partial charge in [-0.05, 0) is 113 Å². The maximum Gasteiger partial charge on any atom is 0.225 e. The molecule has 10 nitrogen and oxygen atoms in total. The van der Waals surface area contributed by atoms with Crippen LogP contribution in [-0.4, -0.2) is 95.6 Å². The fraction of sp³-hybridized carbons (Fsp3) is 0.588. The first-order valence-corrected chi connectivity index (χ1v) is 16.7. The Kier molecular flexibility index (Phi) is 8.53. The van der Waals surface area contributed by atoms with Gasteiger partial charge in [0.15, 0.2) is 5.82 Å². The summed E-state index contributed by atoms with van der Waals surface area (Å²) in [6.45, 7) is 8.15. The molecule has 1 spiro atoms. The van der Waals surface area contributed by atoms with Crippen LogP contribution in [0.15, 0.2) is 42.7 Å². The summed E-state index contributed by atoms with van der Waals surface area (Å²) in [5.41, 5.74) is 4.27. The van der Waals surface area contributed by atoms with Gasteiger partial charge in [0.05, 0.1) is 11.4 Å². The molecule has 4 aliphatic rings. The molecule has 2 aromatic heterocycles. The van der Waals surface area contributed by atoms with Crippen LogP contribution in [0.25, 0.3) is 11.3 Å². The van der Waals surface area contributed by atoms with E-state index in [2.05, 4.69) is 47.9 Å². The molecule has 0 bridgehead atoms. The number of hydrogen-bond acceptors (Lipinski definition) is 10. The molecule has 1 aromatic carbocycles. The summed E-state index contributed by atoms with van der Waals surface area (Å²) in [5.74, 6) is 2.32. The fourth-order valence-electron chi connectivity index (χ4n) is 8.11. The summed E-state index contributed by atoms with van der Waals surface area (Å²) in [7, 11) is 1.86. The van der Waals surface area contributed by atoms with Crippen molar-refractivity contribution in [3.8, 4) is 17.0 Å². The van der Waals surface area contributed by atoms with E-state index >= 15 is 0 Å². The van der Waals surface area contributed by atoms with E-state index in [9.17, 15) is 5.11 Å². The molecule has 5 heterocycles. The predicted octanol–water partition coefficient (Wildman–Crippen LogP) is 4.50. The van der Waals surface area contributed by atoms with Crippen molar-refractivity contribution in [1.29, 1.82) is 0 Å². The van der Waals surface area contributed by atoms with Gasteiger partial charge in [0, 0.05) is 57.2 Å². The molecular weight excluding hydrogens is 550 g/mol.